The number of hydrogen-bond acceptors (Lipinski definition) is 3. The van der Waals surface area contributed by atoms with E-state index in [1.165, 1.54) is 16.3 Å². The van der Waals surface area contributed by atoms with Gasteiger partial charge in [-0.3, -0.25) is 0 Å². The second-order valence-electron chi connectivity index (χ2n) is 5.75. The molecule has 0 saturated heterocycles. The van der Waals surface area contributed by atoms with Crippen molar-refractivity contribution in [3.63, 3.8) is 0 Å². The van der Waals surface area contributed by atoms with Gasteiger partial charge in [0.25, 0.3) is 0 Å². The van der Waals surface area contributed by atoms with Crippen LogP contribution < -0.4 is 10.6 Å². The summed E-state index contributed by atoms with van der Waals surface area (Å²) in [5, 5.41) is 9.23. The van der Waals surface area contributed by atoms with Gasteiger partial charge in [-0.25, -0.2) is 4.79 Å². The molecule has 0 radical (unpaired) electrons. The van der Waals surface area contributed by atoms with E-state index in [9.17, 15) is 4.79 Å². The van der Waals surface area contributed by atoms with Gasteiger partial charge in [0.05, 0.1) is 12.2 Å². The summed E-state index contributed by atoms with van der Waals surface area (Å²) in [5.74, 6) is -0.342. The molecule has 3 aromatic carbocycles. The number of carbonyl (C=O) groups excluding carboxylic acids is 1. The van der Waals surface area contributed by atoms with Crippen molar-refractivity contribution in [1.29, 1.82) is 0 Å². The first kappa shape index (κ1) is 17.9. The molecule has 4 nitrogen and oxygen atoms in total. The van der Waals surface area contributed by atoms with E-state index < -0.39 is 0 Å². The van der Waals surface area contributed by atoms with Crippen molar-refractivity contribution < 1.29 is 9.53 Å². The van der Waals surface area contributed by atoms with Crippen LogP contribution in [0.15, 0.2) is 66.7 Å². The van der Waals surface area contributed by atoms with E-state index in [4.69, 9.17) is 17.0 Å². The first-order chi connectivity index (χ1) is 12.7. The first-order valence-corrected chi connectivity index (χ1v) is 8.87. The third-order valence-corrected chi connectivity index (χ3v) is 4.20. The van der Waals surface area contributed by atoms with Gasteiger partial charge in [-0.1, -0.05) is 48.5 Å². The second kappa shape index (κ2) is 8.45. The lowest BCUT2D eigenvalue weighted by Gasteiger charge is -2.13. The minimum absolute atomic E-state index is 0.342. The number of benzene rings is 3. The summed E-state index contributed by atoms with van der Waals surface area (Å²) in [6.07, 6.45) is 0. The maximum absolute atomic E-state index is 11.8. The molecule has 5 heteroatoms. The Kier molecular flexibility index (Phi) is 5.81. The molecule has 26 heavy (non-hydrogen) atoms. The first-order valence-electron chi connectivity index (χ1n) is 8.46. The van der Waals surface area contributed by atoms with Crippen molar-refractivity contribution in [2.75, 3.05) is 11.9 Å². The standard InChI is InChI=1S/C21H20N2O2S/c1-2-25-20(24)16-9-6-11-18(13-16)23-21(26)22-14-17-10-5-8-15-7-3-4-12-19(15)17/h3-13H,2,14H2,1H3,(H2,22,23,26). The molecule has 2 N–H and O–H groups in total. The van der Waals surface area contributed by atoms with Gasteiger partial charge >= 0.3 is 5.97 Å². The lowest BCUT2D eigenvalue weighted by atomic mass is 10.0. The number of anilines is 1. The minimum Gasteiger partial charge on any atom is -0.462 e. The zero-order chi connectivity index (χ0) is 18.4. The third kappa shape index (κ3) is 4.37. The predicted molar refractivity (Wildman–Crippen MR) is 109 cm³/mol. The summed E-state index contributed by atoms with van der Waals surface area (Å²) >= 11 is 5.38. The Bertz CT molecular complexity index is 935. The highest BCUT2D eigenvalue weighted by Crippen LogP contribution is 2.18. The zero-order valence-corrected chi connectivity index (χ0v) is 15.3. The molecule has 0 unspecified atom stereocenters. The van der Waals surface area contributed by atoms with Gasteiger partial charge < -0.3 is 15.4 Å². The molecule has 0 amide bonds. The third-order valence-electron chi connectivity index (χ3n) is 3.95. The van der Waals surface area contributed by atoms with Gasteiger partial charge in [-0.05, 0) is 53.7 Å². The van der Waals surface area contributed by atoms with Crippen LogP contribution in [0.5, 0.6) is 0 Å². The molecule has 132 valence electrons. The van der Waals surface area contributed by atoms with E-state index in [1.807, 2.05) is 24.3 Å². The molecule has 0 saturated carbocycles. The SMILES string of the molecule is CCOC(=O)c1cccc(NC(=S)NCc2cccc3ccccc23)c1. The predicted octanol–water partition coefficient (Wildman–Crippen LogP) is 4.50. The lowest BCUT2D eigenvalue weighted by Crippen LogP contribution is -2.28. The number of ether oxygens (including phenoxy) is 1. The highest BCUT2D eigenvalue weighted by atomic mass is 32.1. The average molecular weight is 364 g/mol. The number of hydrogen-bond donors (Lipinski definition) is 2. The van der Waals surface area contributed by atoms with E-state index in [2.05, 4.69) is 34.9 Å². The summed E-state index contributed by atoms with van der Waals surface area (Å²) in [5.41, 5.74) is 2.41. The summed E-state index contributed by atoms with van der Waals surface area (Å²) in [6.45, 7) is 2.75. The van der Waals surface area contributed by atoms with E-state index >= 15 is 0 Å². The minimum atomic E-state index is -0.342. The smallest absolute Gasteiger partial charge is 0.338 e. The molecule has 3 rings (SSSR count). The van der Waals surface area contributed by atoms with E-state index in [0.29, 0.717) is 23.8 Å². The Morgan fingerprint density at radius 2 is 1.81 bits per heavy atom. The van der Waals surface area contributed by atoms with Crippen LogP contribution in [-0.4, -0.2) is 17.7 Å². The van der Waals surface area contributed by atoms with Gasteiger partial charge in [0.15, 0.2) is 5.11 Å². The summed E-state index contributed by atoms with van der Waals surface area (Å²) < 4.78 is 5.02. The molecular formula is C21H20N2O2S. The van der Waals surface area contributed by atoms with Crippen molar-refractivity contribution in [3.8, 4) is 0 Å². The maximum Gasteiger partial charge on any atom is 0.338 e. The van der Waals surface area contributed by atoms with Crippen LogP contribution in [-0.2, 0) is 11.3 Å². The van der Waals surface area contributed by atoms with Crippen molar-refractivity contribution in [2.45, 2.75) is 13.5 Å². The summed E-state index contributed by atoms with van der Waals surface area (Å²) in [6, 6.07) is 21.6. The molecule has 0 spiro atoms. The highest BCUT2D eigenvalue weighted by molar-refractivity contribution is 7.80. The van der Waals surface area contributed by atoms with Crippen LogP contribution in [0.4, 0.5) is 5.69 Å². The quantitative estimate of drug-likeness (QED) is 0.516. The van der Waals surface area contributed by atoms with E-state index in [1.54, 1.807) is 25.1 Å². The second-order valence-corrected chi connectivity index (χ2v) is 6.16. The average Bonchev–Trinajstić information content (AvgIpc) is 2.67. The molecule has 0 aliphatic carbocycles. The number of nitrogens with one attached hydrogen (secondary N) is 2. The number of fused-ring (bicyclic) bond motifs is 1. The van der Waals surface area contributed by atoms with Crippen molar-refractivity contribution in [2.24, 2.45) is 0 Å². The van der Waals surface area contributed by atoms with Crippen LogP contribution in [0.3, 0.4) is 0 Å². The molecule has 0 aliphatic heterocycles. The largest absolute Gasteiger partial charge is 0.462 e. The number of thiocarbonyl (C=S) groups is 1. The van der Waals surface area contributed by atoms with Gasteiger partial charge in [0.1, 0.15) is 0 Å². The Morgan fingerprint density at radius 3 is 2.65 bits per heavy atom. The van der Waals surface area contributed by atoms with Crippen molar-refractivity contribution in [3.05, 3.63) is 77.9 Å². The van der Waals surface area contributed by atoms with Crippen LogP contribution in [0.1, 0.15) is 22.8 Å². The van der Waals surface area contributed by atoms with Crippen LogP contribution in [0, 0.1) is 0 Å². The van der Waals surface area contributed by atoms with Crippen LogP contribution in [0.2, 0.25) is 0 Å². The van der Waals surface area contributed by atoms with E-state index in [-0.39, 0.29) is 5.97 Å². The number of carbonyl (C=O) groups is 1. The van der Waals surface area contributed by atoms with Gasteiger partial charge in [-0.2, -0.15) is 0 Å². The number of rotatable bonds is 5. The topological polar surface area (TPSA) is 50.4 Å². The Labute approximate surface area is 158 Å². The molecule has 0 aromatic heterocycles. The Morgan fingerprint density at radius 1 is 1.04 bits per heavy atom. The molecule has 0 bridgehead atoms. The molecule has 0 atom stereocenters. The normalized spacial score (nSPS) is 10.3. The fourth-order valence-corrected chi connectivity index (χ4v) is 2.93. The number of esters is 1. The van der Waals surface area contributed by atoms with Gasteiger partial charge in [0.2, 0.25) is 0 Å². The molecule has 0 aliphatic rings. The van der Waals surface area contributed by atoms with Gasteiger partial charge in [-0.15, -0.1) is 0 Å². The fraction of sp³-hybridized carbons (Fsp3) is 0.143. The summed E-state index contributed by atoms with van der Waals surface area (Å²) in [7, 11) is 0. The zero-order valence-electron chi connectivity index (χ0n) is 14.5. The highest BCUT2D eigenvalue weighted by Gasteiger charge is 2.07. The van der Waals surface area contributed by atoms with Crippen LogP contribution in [0.25, 0.3) is 10.8 Å². The van der Waals surface area contributed by atoms with E-state index in [0.717, 1.165) is 5.69 Å². The summed E-state index contributed by atoms with van der Waals surface area (Å²) in [4.78, 5) is 11.8. The van der Waals surface area contributed by atoms with Gasteiger partial charge in [0, 0.05) is 12.2 Å². The molecular weight excluding hydrogens is 344 g/mol. The monoisotopic (exact) mass is 364 g/mol. The Hall–Kier alpha value is -2.92. The molecule has 3 aromatic rings. The van der Waals surface area contributed by atoms with Crippen molar-refractivity contribution in [1.82, 2.24) is 5.32 Å². The molecule has 0 heterocycles. The van der Waals surface area contributed by atoms with Crippen LogP contribution >= 0.6 is 12.2 Å². The maximum atomic E-state index is 11.8. The fourth-order valence-electron chi connectivity index (χ4n) is 2.74. The van der Waals surface area contributed by atoms with Crippen molar-refractivity contribution >= 4 is 39.8 Å². The molecule has 0 fully saturated rings. The lowest BCUT2D eigenvalue weighted by molar-refractivity contribution is 0.0526. The Balaban J connectivity index is 1.64.